The number of hydrogen-bond donors (Lipinski definition) is 1. The zero-order valence-corrected chi connectivity index (χ0v) is 13.1. The fourth-order valence-corrected chi connectivity index (χ4v) is 3.32. The number of halogens is 1. The van der Waals surface area contributed by atoms with Crippen LogP contribution in [0.2, 0.25) is 0 Å². The molecule has 2 fully saturated rings. The maximum atomic E-state index is 4.38. The van der Waals surface area contributed by atoms with Crippen molar-refractivity contribution in [3.8, 4) is 0 Å². The second kappa shape index (κ2) is 6.34. The molecule has 2 aromatic heterocycles. The molecule has 1 unspecified atom stereocenters. The van der Waals surface area contributed by atoms with Crippen LogP contribution in [0.5, 0.6) is 0 Å². The molecule has 1 saturated carbocycles. The van der Waals surface area contributed by atoms with Crippen molar-refractivity contribution in [2.24, 2.45) is 0 Å². The number of rotatable bonds is 5. The summed E-state index contributed by atoms with van der Waals surface area (Å²) in [5.74, 6) is 0. The third-order valence-electron chi connectivity index (χ3n) is 4.56. The predicted molar refractivity (Wildman–Crippen MR) is 86.9 cm³/mol. The molecule has 2 aromatic rings. The van der Waals surface area contributed by atoms with Gasteiger partial charge in [-0.3, -0.25) is 4.90 Å². The summed E-state index contributed by atoms with van der Waals surface area (Å²) in [7, 11) is 0. The van der Waals surface area contributed by atoms with Gasteiger partial charge < -0.3 is 9.72 Å². The average Bonchev–Trinajstić information content (AvgIpc) is 2.98. The Hall–Kier alpha value is -1.10. The summed E-state index contributed by atoms with van der Waals surface area (Å²) in [6, 6.07) is 7.92. The van der Waals surface area contributed by atoms with Crippen molar-refractivity contribution in [1.82, 2.24) is 19.6 Å². The first-order chi connectivity index (χ1) is 9.90. The van der Waals surface area contributed by atoms with Gasteiger partial charge in [-0.15, -0.1) is 12.4 Å². The molecule has 1 saturated heterocycles. The molecule has 0 spiro atoms. The van der Waals surface area contributed by atoms with Crippen LogP contribution in [0.25, 0.3) is 5.65 Å². The SMILES string of the molecule is Cl.c1cc(CN(CC2CCCN2)C2CC2)n2ccnc2c1. The number of imidazole rings is 1. The molecule has 0 aromatic carbocycles. The van der Waals surface area contributed by atoms with E-state index in [9.17, 15) is 0 Å². The topological polar surface area (TPSA) is 32.6 Å². The second-order valence-corrected chi connectivity index (χ2v) is 6.13. The van der Waals surface area contributed by atoms with Crippen LogP contribution < -0.4 is 5.32 Å². The van der Waals surface area contributed by atoms with Gasteiger partial charge in [0.2, 0.25) is 0 Å². The summed E-state index contributed by atoms with van der Waals surface area (Å²) in [6.45, 7) is 3.42. The summed E-state index contributed by atoms with van der Waals surface area (Å²) >= 11 is 0. The molecule has 4 rings (SSSR count). The van der Waals surface area contributed by atoms with Gasteiger partial charge in [-0.25, -0.2) is 4.98 Å². The van der Waals surface area contributed by atoms with Gasteiger partial charge in [0.05, 0.1) is 0 Å². The lowest BCUT2D eigenvalue weighted by Gasteiger charge is -2.26. The van der Waals surface area contributed by atoms with Gasteiger partial charge in [-0.05, 0) is 44.4 Å². The smallest absolute Gasteiger partial charge is 0.136 e. The Morgan fingerprint density at radius 1 is 1.29 bits per heavy atom. The Morgan fingerprint density at radius 2 is 2.19 bits per heavy atom. The van der Waals surface area contributed by atoms with Crippen LogP contribution in [-0.2, 0) is 6.54 Å². The number of nitrogens with one attached hydrogen (secondary N) is 1. The number of aromatic nitrogens is 2. The van der Waals surface area contributed by atoms with E-state index in [1.54, 1.807) is 0 Å². The summed E-state index contributed by atoms with van der Waals surface area (Å²) < 4.78 is 2.22. The van der Waals surface area contributed by atoms with E-state index in [1.807, 2.05) is 6.20 Å². The highest BCUT2D eigenvalue weighted by Gasteiger charge is 2.31. The number of fused-ring (bicyclic) bond motifs is 1. The van der Waals surface area contributed by atoms with E-state index in [0.717, 1.165) is 18.2 Å². The van der Waals surface area contributed by atoms with Crippen LogP contribution in [0.15, 0.2) is 30.6 Å². The normalized spacial score (nSPS) is 21.9. The molecule has 1 atom stereocenters. The van der Waals surface area contributed by atoms with Crippen LogP contribution in [0, 0.1) is 0 Å². The Morgan fingerprint density at radius 3 is 2.95 bits per heavy atom. The van der Waals surface area contributed by atoms with Gasteiger partial charge in [-0.2, -0.15) is 0 Å². The molecule has 2 aliphatic rings. The summed E-state index contributed by atoms with van der Waals surface area (Å²) in [4.78, 5) is 7.05. The first-order valence-electron chi connectivity index (χ1n) is 7.78. The second-order valence-electron chi connectivity index (χ2n) is 6.13. The molecule has 114 valence electrons. The van der Waals surface area contributed by atoms with Gasteiger partial charge in [0.25, 0.3) is 0 Å². The lowest BCUT2D eigenvalue weighted by atomic mass is 10.2. The molecule has 1 N–H and O–H groups in total. The first-order valence-corrected chi connectivity index (χ1v) is 7.78. The zero-order chi connectivity index (χ0) is 13.4. The maximum absolute atomic E-state index is 4.38. The van der Waals surface area contributed by atoms with Crippen molar-refractivity contribution in [3.63, 3.8) is 0 Å². The molecule has 4 nitrogen and oxygen atoms in total. The highest BCUT2D eigenvalue weighted by Crippen LogP contribution is 2.29. The number of pyridine rings is 1. The van der Waals surface area contributed by atoms with Gasteiger partial charge in [0, 0.05) is 43.3 Å². The molecule has 0 radical (unpaired) electrons. The molecule has 3 heterocycles. The van der Waals surface area contributed by atoms with E-state index < -0.39 is 0 Å². The quantitative estimate of drug-likeness (QED) is 0.921. The van der Waals surface area contributed by atoms with Gasteiger partial charge in [0.15, 0.2) is 0 Å². The molecule has 1 aliphatic carbocycles. The summed E-state index contributed by atoms with van der Waals surface area (Å²) in [5.41, 5.74) is 2.40. The molecular formula is C16H23ClN4. The Balaban J connectivity index is 0.00000132. The van der Waals surface area contributed by atoms with Crippen molar-refractivity contribution < 1.29 is 0 Å². The minimum absolute atomic E-state index is 0. The van der Waals surface area contributed by atoms with E-state index >= 15 is 0 Å². The van der Waals surface area contributed by atoms with E-state index in [-0.39, 0.29) is 12.4 Å². The Labute approximate surface area is 132 Å². The molecular weight excluding hydrogens is 284 g/mol. The van der Waals surface area contributed by atoms with Crippen LogP contribution >= 0.6 is 12.4 Å². The summed E-state index contributed by atoms with van der Waals surface area (Å²) in [6.07, 6.45) is 9.36. The van der Waals surface area contributed by atoms with E-state index in [1.165, 1.54) is 44.5 Å². The standard InChI is InChI=1S/C16H22N4.ClH/c1-4-15(20-10-9-18-16(20)5-1)12-19(14-6-7-14)11-13-3-2-8-17-13;/h1,4-5,9-10,13-14,17H,2-3,6-8,11-12H2;1H. The van der Waals surface area contributed by atoms with Crippen molar-refractivity contribution in [2.75, 3.05) is 13.1 Å². The number of nitrogens with zero attached hydrogens (tertiary/aromatic N) is 3. The van der Waals surface area contributed by atoms with Crippen molar-refractivity contribution in [1.29, 1.82) is 0 Å². The van der Waals surface area contributed by atoms with Gasteiger partial charge >= 0.3 is 0 Å². The largest absolute Gasteiger partial charge is 0.313 e. The third kappa shape index (κ3) is 3.23. The summed E-state index contributed by atoms with van der Waals surface area (Å²) in [5, 5.41) is 3.63. The molecule has 5 heteroatoms. The highest BCUT2D eigenvalue weighted by atomic mass is 35.5. The lowest BCUT2D eigenvalue weighted by molar-refractivity contribution is 0.228. The zero-order valence-electron chi connectivity index (χ0n) is 12.2. The van der Waals surface area contributed by atoms with E-state index in [0.29, 0.717) is 6.04 Å². The monoisotopic (exact) mass is 306 g/mol. The third-order valence-corrected chi connectivity index (χ3v) is 4.56. The first kappa shape index (κ1) is 14.8. The van der Waals surface area contributed by atoms with Crippen LogP contribution in [0.4, 0.5) is 0 Å². The predicted octanol–water partition coefficient (Wildman–Crippen LogP) is 2.47. The minimum atomic E-state index is 0. The fraction of sp³-hybridized carbons (Fsp3) is 0.562. The molecule has 0 amide bonds. The van der Waals surface area contributed by atoms with Crippen molar-refractivity contribution in [2.45, 2.75) is 44.3 Å². The average molecular weight is 307 g/mol. The molecule has 21 heavy (non-hydrogen) atoms. The van der Waals surface area contributed by atoms with Crippen LogP contribution in [0.1, 0.15) is 31.4 Å². The molecule has 1 aliphatic heterocycles. The van der Waals surface area contributed by atoms with Crippen LogP contribution in [0.3, 0.4) is 0 Å². The van der Waals surface area contributed by atoms with E-state index in [4.69, 9.17) is 0 Å². The fourth-order valence-electron chi connectivity index (χ4n) is 3.32. The lowest BCUT2D eigenvalue weighted by Crippen LogP contribution is -2.38. The van der Waals surface area contributed by atoms with Gasteiger partial charge in [-0.1, -0.05) is 6.07 Å². The highest BCUT2D eigenvalue weighted by molar-refractivity contribution is 5.85. The minimum Gasteiger partial charge on any atom is -0.313 e. The van der Waals surface area contributed by atoms with Crippen molar-refractivity contribution in [3.05, 3.63) is 36.3 Å². The van der Waals surface area contributed by atoms with Gasteiger partial charge in [0.1, 0.15) is 5.65 Å². The Bertz CT molecular complexity index is 587. The molecule has 0 bridgehead atoms. The Kier molecular flexibility index (Phi) is 4.48. The maximum Gasteiger partial charge on any atom is 0.136 e. The van der Waals surface area contributed by atoms with Crippen LogP contribution in [-0.4, -0.2) is 39.5 Å². The number of hydrogen-bond acceptors (Lipinski definition) is 3. The van der Waals surface area contributed by atoms with E-state index in [2.05, 4.69) is 44.0 Å². The van der Waals surface area contributed by atoms with Crippen molar-refractivity contribution >= 4 is 18.1 Å².